The highest BCUT2D eigenvalue weighted by Gasteiger charge is 2.26. The Morgan fingerprint density at radius 2 is 1.70 bits per heavy atom. The Morgan fingerprint density at radius 1 is 1.03 bits per heavy atom. The number of carbonyl (C=O) groups is 2. The first kappa shape index (κ1) is 27.6. The molecule has 37 heavy (non-hydrogen) atoms. The lowest BCUT2D eigenvalue weighted by Gasteiger charge is -2.37. The van der Waals surface area contributed by atoms with Crippen molar-refractivity contribution in [3.63, 3.8) is 0 Å². The van der Waals surface area contributed by atoms with Crippen molar-refractivity contribution in [1.29, 1.82) is 0 Å². The molecule has 2 aromatic rings. The molecule has 1 unspecified atom stereocenters. The molecule has 0 saturated carbocycles. The second kappa shape index (κ2) is 12.9. The monoisotopic (exact) mass is 528 g/mol. The third-order valence-corrected chi connectivity index (χ3v) is 8.00. The van der Waals surface area contributed by atoms with Gasteiger partial charge in [-0.25, -0.2) is 4.39 Å². The number of aryl methyl sites for hydroxylation is 1. The molecule has 6 nitrogen and oxygen atoms in total. The van der Waals surface area contributed by atoms with Gasteiger partial charge in [-0.2, -0.15) is 0 Å². The molecule has 8 heteroatoms. The lowest BCUT2D eigenvalue weighted by Crippen LogP contribution is -2.45. The summed E-state index contributed by atoms with van der Waals surface area (Å²) >= 11 is 5.82. The molecule has 2 amide bonds. The van der Waals surface area contributed by atoms with Gasteiger partial charge in [-0.05, 0) is 107 Å². The Kier molecular flexibility index (Phi) is 9.57. The number of nitrogens with one attached hydrogen (secondary N) is 2. The lowest BCUT2D eigenvalue weighted by molar-refractivity contribution is 0.0894. The number of nitrogens with zero attached hydrogens (tertiary/aromatic N) is 2. The highest BCUT2D eigenvalue weighted by Crippen LogP contribution is 2.27. The molecule has 2 aliphatic rings. The van der Waals surface area contributed by atoms with Crippen LogP contribution >= 0.6 is 11.6 Å². The fourth-order valence-corrected chi connectivity index (χ4v) is 5.61. The van der Waals surface area contributed by atoms with E-state index in [1.165, 1.54) is 49.7 Å². The number of rotatable bonds is 9. The fraction of sp³-hybridized carbons (Fsp3) is 0.517. The molecule has 2 heterocycles. The van der Waals surface area contributed by atoms with E-state index in [9.17, 15) is 14.0 Å². The second-order valence-electron chi connectivity index (χ2n) is 10.3. The molecule has 2 aliphatic heterocycles. The minimum absolute atomic E-state index is 0.0114. The van der Waals surface area contributed by atoms with Gasteiger partial charge in [0.05, 0.1) is 5.02 Å². The van der Waals surface area contributed by atoms with Crippen molar-refractivity contribution in [3.05, 3.63) is 69.5 Å². The third-order valence-electron chi connectivity index (χ3n) is 7.71. The molecule has 0 aromatic heterocycles. The van der Waals surface area contributed by atoms with Gasteiger partial charge in [0.15, 0.2) is 0 Å². The van der Waals surface area contributed by atoms with Gasteiger partial charge in [-0.15, -0.1) is 0 Å². The molecule has 200 valence electrons. The van der Waals surface area contributed by atoms with E-state index in [1.807, 2.05) is 12.1 Å². The maximum absolute atomic E-state index is 13.4. The number of piperidine rings is 1. The van der Waals surface area contributed by atoms with E-state index in [1.54, 1.807) is 0 Å². The number of likely N-dealkylation sites (tertiary alicyclic amines) is 2. The first-order valence-electron chi connectivity index (χ1n) is 13.4. The van der Waals surface area contributed by atoms with Crippen LogP contribution in [0, 0.1) is 12.7 Å². The van der Waals surface area contributed by atoms with Crippen molar-refractivity contribution < 1.29 is 14.0 Å². The van der Waals surface area contributed by atoms with Crippen LogP contribution in [-0.4, -0.2) is 66.9 Å². The Labute approximate surface area is 224 Å². The van der Waals surface area contributed by atoms with Crippen molar-refractivity contribution in [2.75, 3.05) is 39.3 Å². The van der Waals surface area contributed by atoms with Gasteiger partial charge in [0.1, 0.15) is 5.82 Å². The summed E-state index contributed by atoms with van der Waals surface area (Å²) in [4.78, 5) is 30.1. The van der Waals surface area contributed by atoms with Crippen molar-refractivity contribution >= 4 is 23.4 Å². The van der Waals surface area contributed by atoms with Crippen LogP contribution < -0.4 is 10.6 Å². The molecule has 2 fully saturated rings. The Morgan fingerprint density at radius 3 is 2.38 bits per heavy atom. The molecule has 2 saturated heterocycles. The van der Waals surface area contributed by atoms with Gasteiger partial charge in [-0.1, -0.05) is 17.7 Å². The quantitative estimate of drug-likeness (QED) is 0.452. The van der Waals surface area contributed by atoms with E-state index in [4.69, 9.17) is 11.6 Å². The largest absolute Gasteiger partial charge is 0.352 e. The summed E-state index contributed by atoms with van der Waals surface area (Å²) in [6, 6.07) is 10.3. The molecule has 0 aliphatic carbocycles. The van der Waals surface area contributed by atoms with Gasteiger partial charge in [-0.3, -0.25) is 14.5 Å². The molecule has 2 N–H and O–H groups in total. The standard InChI is InChI=1S/C29H38ClFN4O2/c1-20-18-22(28(36)32-12-5-15-34-13-3-4-14-34)6-8-25(20)21(2)35-16-10-24(11-17-35)33-29(37)23-7-9-27(31)26(30)19-23/h6-9,18-19,21,24H,3-5,10-17H2,1-2H3,(H,32,36)(H,33,37). The summed E-state index contributed by atoms with van der Waals surface area (Å²) in [7, 11) is 0. The van der Waals surface area contributed by atoms with Gasteiger partial charge >= 0.3 is 0 Å². The lowest BCUT2D eigenvalue weighted by atomic mass is 9.95. The van der Waals surface area contributed by atoms with Gasteiger partial charge in [0.25, 0.3) is 11.8 Å². The maximum Gasteiger partial charge on any atom is 0.251 e. The van der Waals surface area contributed by atoms with E-state index in [0.717, 1.165) is 44.5 Å². The normalized spacial score (nSPS) is 18.1. The van der Waals surface area contributed by atoms with Gasteiger partial charge in [0.2, 0.25) is 0 Å². The number of hydrogen-bond donors (Lipinski definition) is 2. The van der Waals surface area contributed by atoms with E-state index >= 15 is 0 Å². The molecule has 1 atom stereocenters. The predicted molar refractivity (Wildman–Crippen MR) is 146 cm³/mol. The summed E-state index contributed by atoms with van der Waals surface area (Å²) in [5, 5.41) is 6.07. The van der Waals surface area contributed by atoms with E-state index in [2.05, 4.69) is 40.3 Å². The molecular formula is C29H38ClFN4O2. The summed E-state index contributed by atoms with van der Waals surface area (Å²) in [6.45, 7) is 10.1. The third kappa shape index (κ3) is 7.30. The first-order chi connectivity index (χ1) is 17.8. The highest BCUT2D eigenvalue weighted by atomic mass is 35.5. The minimum atomic E-state index is -0.530. The molecular weight excluding hydrogens is 491 g/mol. The average molecular weight is 529 g/mol. The zero-order chi connectivity index (χ0) is 26.4. The topological polar surface area (TPSA) is 64.7 Å². The van der Waals surface area contributed by atoms with Crippen LogP contribution in [0.2, 0.25) is 5.02 Å². The summed E-state index contributed by atoms with van der Waals surface area (Å²) in [5.74, 6) is -0.769. The zero-order valence-electron chi connectivity index (χ0n) is 21.9. The van der Waals surface area contributed by atoms with Crippen molar-refractivity contribution in [3.8, 4) is 0 Å². The smallest absolute Gasteiger partial charge is 0.251 e. The number of carbonyl (C=O) groups excluding carboxylic acids is 2. The maximum atomic E-state index is 13.4. The van der Waals surface area contributed by atoms with Crippen molar-refractivity contribution in [1.82, 2.24) is 20.4 Å². The first-order valence-corrected chi connectivity index (χ1v) is 13.8. The Bertz CT molecular complexity index is 1100. The van der Waals surface area contributed by atoms with Crippen LogP contribution in [0.15, 0.2) is 36.4 Å². The summed E-state index contributed by atoms with van der Waals surface area (Å²) in [5.41, 5.74) is 3.40. The molecule has 2 aromatic carbocycles. The van der Waals surface area contributed by atoms with Crippen molar-refractivity contribution in [2.24, 2.45) is 0 Å². The Hall–Kier alpha value is -2.48. The van der Waals surface area contributed by atoms with E-state index in [0.29, 0.717) is 17.7 Å². The van der Waals surface area contributed by atoms with E-state index in [-0.39, 0.29) is 28.9 Å². The Balaban J connectivity index is 1.24. The van der Waals surface area contributed by atoms with Crippen LogP contribution in [-0.2, 0) is 0 Å². The van der Waals surface area contributed by atoms with Crippen LogP contribution in [0.4, 0.5) is 4.39 Å². The molecule has 0 radical (unpaired) electrons. The predicted octanol–water partition coefficient (Wildman–Crippen LogP) is 4.96. The minimum Gasteiger partial charge on any atom is -0.352 e. The molecule has 4 rings (SSSR count). The fourth-order valence-electron chi connectivity index (χ4n) is 5.43. The SMILES string of the molecule is Cc1cc(C(=O)NCCCN2CCCC2)ccc1C(C)N1CCC(NC(=O)c2ccc(F)c(Cl)c2)CC1. The molecule has 0 spiro atoms. The van der Waals surface area contributed by atoms with Crippen LogP contribution in [0.3, 0.4) is 0 Å². The van der Waals surface area contributed by atoms with Crippen molar-refractivity contribution in [2.45, 2.75) is 58.0 Å². The highest BCUT2D eigenvalue weighted by molar-refractivity contribution is 6.31. The van der Waals surface area contributed by atoms with Gasteiger partial charge < -0.3 is 15.5 Å². The summed E-state index contributed by atoms with van der Waals surface area (Å²) in [6.07, 6.45) is 5.23. The van der Waals surface area contributed by atoms with Crippen LogP contribution in [0.25, 0.3) is 0 Å². The van der Waals surface area contributed by atoms with Crippen LogP contribution in [0.5, 0.6) is 0 Å². The van der Waals surface area contributed by atoms with Gasteiger partial charge in [0, 0.05) is 42.8 Å². The second-order valence-corrected chi connectivity index (χ2v) is 10.7. The number of amides is 2. The molecule has 0 bridgehead atoms. The number of benzene rings is 2. The average Bonchev–Trinajstić information content (AvgIpc) is 3.41. The zero-order valence-corrected chi connectivity index (χ0v) is 22.6. The number of halogens is 2. The van der Waals surface area contributed by atoms with E-state index < -0.39 is 5.82 Å². The van der Waals surface area contributed by atoms with Crippen LogP contribution in [0.1, 0.15) is 76.9 Å². The number of hydrogen-bond acceptors (Lipinski definition) is 4. The summed E-state index contributed by atoms with van der Waals surface area (Å²) < 4.78 is 13.4.